The van der Waals surface area contributed by atoms with E-state index in [1.807, 2.05) is 6.07 Å². The van der Waals surface area contributed by atoms with Crippen LogP contribution < -0.4 is 5.32 Å². The average Bonchev–Trinajstić information content (AvgIpc) is 2.54. The molecule has 94 valence electrons. The van der Waals surface area contributed by atoms with Crippen molar-refractivity contribution in [3.8, 4) is 0 Å². The molecule has 1 aliphatic heterocycles. The number of benzene rings is 1. The molecule has 1 unspecified atom stereocenters. The van der Waals surface area contributed by atoms with E-state index < -0.39 is 16.1 Å². The highest BCUT2D eigenvalue weighted by Gasteiger charge is 2.32. The zero-order chi connectivity index (χ0) is 12.5. The van der Waals surface area contributed by atoms with Crippen LogP contribution in [0.3, 0.4) is 0 Å². The van der Waals surface area contributed by atoms with Gasteiger partial charge in [0.1, 0.15) is 0 Å². The van der Waals surface area contributed by atoms with Gasteiger partial charge in [0.2, 0.25) is 0 Å². The Hall–Kier alpha value is -1.04. The lowest BCUT2D eigenvalue weighted by atomic mass is 10.0. The van der Waals surface area contributed by atoms with Crippen molar-refractivity contribution < 1.29 is 13.9 Å². The summed E-state index contributed by atoms with van der Waals surface area (Å²) < 4.78 is 22.8. The summed E-state index contributed by atoms with van der Waals surface area (Å²) in [6.07, 6.45) is 0.480. The van der Waals surface area contributed by atoms with Crippen molar-refractivity contribution >= 4 is 16.5 Å². The van der Waals surface area contributed by atoms with Crippen molar-refractivity contribution in [1.29, 1.82) is 0 Å². The molecule has 4 nitrogen and oxygen atoms in total. The SMILES string of the molecule is CC1(NC(=O)c2ccccc2)CCS([O-])([O-])C1. The minimum absolute atomic E-state index is 0.0264. The van der Waals surface area contributed by atoms with Crippen LogP contribution in [0.1, 0.15) is 23.7 Å². The third-order valence-corrected chi connectivity index (χ3v) is 4.86. The van der Waals surface area contributed by atoms with E-state index in [1.165, 1.54) is 0 Å². The molecule has 1 saturated heterocycles. The van der Waals surface area contributed by atoms with Crippen LogP contribution in [0.4, 0.5) is 0 Å². The fraction of sp³-hybridized carbons (Fsp3) is 0.417. The summed E-state index contributed by atoms with van der Waals surface area (Å²) in [5.41, 5.74) is -0.0795. The molecule has 1 heterocycles. The van der Waals surface area contributed by atoms with E-state index in [4.69, 9.17) is 0 Å². The van der Waals surface area contributed by atoms with Gasteiger partial charge in [-0.15, -0.1) is 0 Å². The second kappa shape index (κ2) is 4.33. The molecule has 1 fully saturated rings. The Morgan fingerprint density at radius 3 is 2.53 bits per heavy atom. The molecule has 1 aliphatic rings. The highest BCUT2D eigenvalue weighted by molar-refractivity contribution is 8.24. The van der Waals surface area contributed by atoms with Crippen LogP contribution in [0.5, 0.6) is 0 Å². The summed E-state index contributed by atoms with van der Waals surface area (Å²) >= 11 is 0. The highest BCUT2D eigenvalue weighted by atomic mass is 32.3. The minimum atomic E-state index is -3.00. The number of carbonyl (C=O) groups is 1. The maximum Gasteiger partial charge on any atom is 0.251 e. The Labute approximate surface area is 102 Å². The van der Waals surface area contributed by atoms with Gasteiger partial charge in [-0.25, -0.2) is 0 Å². The molecule has 1 aromatic carbocycles. The van der Waals surface area contributed by atoms with E-state index in [1.54, 1.807) is 31.2 Å². The van der Waals surface area contributed by atoms with Crippen molar-refractivity contribution in [2.45, 2.75) is 18.9 Å². The molecule has 1 amide bonds. The molecule has 2 rings (SSSR count). The van der Waals surface area contributed by atoms with Gasteiger partial charge in [0.15, 0.2) is 0 Å². The van der Waals surface area contributed by atoms with Crippen LogP contribution in [0, 0.1) is 0 Å². The van der Waals surface area contributed by atoms with E-state index in [2.05, 4.69) is 5.32 Å². The van der Waals surface area contributed by atoms with Crippen LogP contribution >= 0.6 is 10.6 Å². The van der Waals surface area contributed by atoms with Crippen molar-refractivity contribution in [2.75, 3.05) is 11.5 Å². The first kappa shape index (κ1) is 12.4. The molecule has 0 aliphatic carbocycles. The molecule has 1 N–H and O–H groups in total. The fourth-order valence-corrected chi connectivity index (χ4v) is 4.14. The van der Waals surface area contributed by atoms with Gasteiger partial charge in [-0.2, -0.15) is 0 Å². The lowest BCUT2D eigenvalue weighted by Gasteiger charge is -2.57. The number of nitrogens with one attached hydrogen (secondary N) is 1. The summed E-state index contributed by atoms with van der Waals surface area (Å²) in [7, 11) is -3.00. The Bertz CT molecular complexity index is 421. The van der Waals surface area contributed by atoms with Crippen molar-refractivity contribution in [2.24, 2.45) is 0 Å². The number of amides is 1. The molecular formula is C12H15NO3S-2. The summed E-state index contributed by atoms with van der Waals surface area (Å²) in [4.78, 5) is 11.9. The third-order valence-electron chi connectivity index (χ3n) is 2.95. The van der Waals surface area contributed by atoms with Crippen LogP contribution in [0.2, 0.25) is 0 Å². The van der Waals surface area contributed by atoms with E-state index in [0.29, 0.717) is 12.0 Å². The molecule has 1 atom stereocenters. The van der Waals surface area contributed by atoms with Crippen molar-refractivity contribution in [3.05, 3.63) is 35.9 Å². The molecule has 1 aromatic rings. The summed E-state index contributed by atoms with van der Waals surface area (Å²) in [5, 5.41) is 2.81. The van der Waals surface area contributed by atoms with E-state index in [-0.39, 0.29) is 17.4 Å². The zero-order valence-corrected chi connectivity index (χ0v) is 10.5. The fourth-order valence-electron chi connectivity index (χ4n) is 2.04. The van der Waals surface area contributed by atoms with Gasteiger partial charge in [0, 0.05) is 5.56 Å². The van der Waals surface area contributed by atoms with Crippen LogP contribution in [-0.2, 0) is 0 Å². The molecular weight excluding hydrogens is 238 g/mol. The Morgan fingerprint density at radius 2 is 2.00 bits per heavy atom. The number of sulfone groups is 1. The molecule has 0 aromatic heterocycles. The predicted octanol–water partition coefficient (Wildman–Crippen LogP) is 1.64. The predicted molar refractivity (Wildman–Crippen MR) is 65.8 cm³/mol. The quantitative estimate of drug-likeness (QED) is 0.870. The maximum atomic E-state index is 11.9. The summed E-state index contributed by atoms with van der Waals surface area (Å²) in [6.45, 7) is 1.78. The molecule has 17 heavy (non-hydrogen) atoms. The molecule has 0 bridgehead atoms. The summed E-state index contributed by atoms with van der Waals surface area (Å²) in [6, 6.07) is 8.81. The largest absolute Gasteiger partial charge is 0.800 e. The molecule has 0 spiro atoms. The lowest BCUT2D eigenvalue weighted by Crippen LogP contribution is -2.46. The molecule has 0 radical (unpaired) electrons. The monoisotopic (exact) mass is 253 g/mol. The van der Waals surface area contributed by atoms with Crippen molar-refractivity contribution in [1.82, 2.24) is 5.32 Å². The maximum absolute atomic E-state index is 11.9. The van der Waals surface area contributed by atoms with E-state index >= 15 is 0 Å². The standard InChI is InChI=1S/C12H17NO3S/c1-12(7-8-17(15,16)9-12)13-11(14)10-5-3-2-4-6-10/h2-6,15-16H,7-9H2,1H3,(H,13,14)/p-2. The number of hydrogen-bond donors (Lipinski definition) is 1. The van der Waals surface area contributed by atoms with Gasteiger partial charge in [-0.3, -0.25) is 4.79 Å². The van der Waals surface area contributed by atoms with Gasteiger partial charge in [-0.1, -0.05) is 18.2 Å². The second-order valence-corrected chi connectivity index (χ2v) is 6.91. The summed E-state index contributed by atoms with van der Waals surface area (Å²) in [5.74, 6) is -0.0397. The van der Waals surface area contributed by atoms with Crippen LogP contribution in [0.15, 0.2) is 30.3 Å². The lowest BCUT2D eigenvalue weighted by molar-refractivity contribution is 0.0915. The Kier molecular flexibility index (Phi) is 3.16. The first-order chi connectivity index (χ1) is 7.90. The van der Waals surface area contributed by atoms with Gasteiger partial charge in [-0.05, 0) is 37.0 Å². The Morgan fingerprint density at radius 1 is 1.35 bits per heavy atom. The van der Waals surface area contributed by atoms with Gasteiger partial charge in [0.05, 0.1) is 5.54 Å². The third kappa shape index (κ3) is 3.00. The van der Waals surface area contributed by atoms with Crippen LogP contribution in [-0.4, -0.2) is 32.1 Å². The van der Waals surface area contributed by atoms with Gasteiger partial charge < -0.3 is 25.0 Å². The number of carbonyl (C=O) groups excluding carboxylic acids is 1. The molecule has 0 saturated carbocycles. The minimum Gasteiger partial charge on any atom is -0.800 e. The molecule has 5 heteroatoms. The first-order valence-electron chi connectivity index (χ1n) is 5.48. The number of rotatable bonds is 2. The average molecular weight is 253 g/mol. The van der Waals surface area contributed by atoms with Crippen molar-refractivity contribution in [3.63, 3.8) is 0 Å². The Balaban J connectivity index is 2.05. The highest BCUT2D eigenvalue weighted by Crippen LogP contribution is 2.49. The second-order valence-electron chi connectivity index (χ2n) is 4.72. The van der Waals surface area contributed by atoms with Gasteiger partial charge >= 0.3 is 0 Å². The van der Waals surface area contributed by atoms with Gasteiger partial charge in [0.25, 0.3) is 5.91 Å². The van der Waals surface area contributed by atoms with E-state index in [0.717, 1.165) is 0 Å². The normalized spacial score (nSPS) is 28.6. The van der Waals surface area contributed by atoms with E-state index in [9.17, 15) is 13.9 Å². The topological polar surface area (TPSA) is 75.2 Å². The smallest absolute Gasteiger partial charge is 0.251 e. The zero-order valence-electron chi connectivity index (χ0n) is 9.64. The first-order valence-corrected chi connectivity index (χ1v) is 7.30. The number of hydrogen-bond acceptors (Lipinski definition) is 3. The van der Waals surface area contributed by atoms with Crippen LogP contribution in [0.25, 0.3) is 0 Å².